The Morgan fingerprint density at radius 3 is 2.50 bits per heavy atom. The number of hydrogen-bond donors (Lipinski definition) is 2. The van der Waals surface area contributed by atoms with Crippen LogP contribution in [0.25, 0.3) is 0 Å². The molecule has 0 fully saturated rings. The number of allylic oxidation sites excluding steroid dienone is 1. The minimum Gasteiger partial charge on any atom is -0.497 e. The quantitative estimate of drug-likeness (QED) is 0.650. The third-order valence-electron chi connectivity index (χ3n) is 5.17. The smallest absolute Gasteiger partial charge is 0.290 e. The summed E-state index contributed by atoms with van der Waals surface area (Å²) in [6.45, 7) is 2.45. The summed E-state index contributed by atoms with van der Waals surface area (Å²) in [7, 11) is 1.63. The average molecular weight is 411 g/mol. The van der Waals surface area contributed by atoms with Gasteiger partial charge in [-0.2, -0.15) is 0 Å². The number of methoxy groups -OCH3 is 1. The molecule has 6 nitrogen and oxygen atoms in total. The molecule has 1 aliphatic rings. The third kappa shape index (κ3) is 5.40. The maximum absolute atomic E-state index is 12.9. The number of rotatable bonds is 9. The van der Waals surface area contributed by atoms with Crippen molar-refractivity contribution in [3.63, 3.8) is 0 Å². The van der Waals surface area contributed by atoms with Gasteiger partial charge in [-0.1, -0.05) is 30.3 Å². The number of ether oxygens (including phenoxy) is 3. The molecule has 3 atom stereocenters. The summed E-state index contributed by atoms with van der Waals surface area (Å²) in [5.74, 6) is 0.566. The number of nitrogens with one attached hydrogen (secondary N) is 1. The first-order valence-electron chi connectivity index (χ1n) is 10.3. The molecule has 160 valence electrons. The van der Waals surface area contributed by atoms with Crippen LogP contribution in [0.5, 0.6) is 5.75 Å². The Balaban J connectivity index is 1.92. The highest BCUT2D eigenvalue weighted by atomic mass is 16.7. The van der Waals surface area contributed by atoms with E-state index in [1.807, 2.05) is 67.6 Å². The molecule has 2 aromatic rings. The van der Waals surface area contributed by atoms with Crippen LogP contribution in [0, 0.1) is 5.92 Å². The molecule has 3 rings (SSSR count). The van der Waals surface area contributed by atoms with Crippen LogP contribution in [0.4, 0.5) is 5.69 Å². The van der Waals surface area contributed by atoms with E-state index in [9.17, 15) is 9.90 Å². The van der Waals surface area contributed by atoms with Crippen LogP contribution >= 0.6 is 0 Å². The first-order chi connectivity index (χ1) is 14.7. The Morgan fingerprint density at radius 2 is 1.87 bits per heavy atom. The van der Waals surface area contributed by atoms with Crippen molar-refractivity contribution < 1.29 is 24.1 Å². The Bertz CT molecular complexity index is 834. The van der Waals surface area contributed by atoms with E-state index < -0.39 is 6.29 Å². The predicted octanol–water partition coefficient (Wildman–Crippen LogP) is 4.08. The SMILES string of the molecule is CCO[C@@H]1OC(C(=O)Nc2ccccc2)=C[C@H](c2ccc(OC)cc2)[C@H]1CCCO. The molecule has 2 aromatic carbocycles. The lowest BCUT2D eigenvalue weighted by molar-refractivity contribution is -0.165. The van der Waals surface area contributed by atoms with Gasteiger partial charge in [0.05, 0.1) is 7.11 Å². The number of benzene rings is 2. The topological polar surface area (TPSA) is 77.0 Å². The van der Waals surface area contributed by atoms with Crippen molar-refractivity contribution in [3.05, 3.63) is 72.0 Å². The van der Waals surface area contributed by atoms with Gasteiger partial charge in [0, 0.05) is 30.7 Å². The second kappa shape index (κ2) is 10.8. The number of carbonyl (C=O) groups is 1. The van der Waals surface area contributed by atoms with Crippen LogP contribution < -0.4 is 10.1 Å². The minimum absolute atomic E-state index is 0.0289. The minimum atomic E-state index is -0.574. The highest BCUT2D eigenvalue weighted by molar-refractivity contribution is 6.02. The second-order valence-electron chi connectivity index (χ2n) is 7.12. The molecule has 0 unspecified atom stereocenters. The van der Waals surface area contributed by atoms with E-state index in [0.717, 1.165) is 11.3 Å². The summed E-state index contributed by atoms with van der Waals surface area (Å²) >= 11 is 0. The zero-order valence-corrected chi connectivity index (χ0v) is 17.4. The second-order valence-corrected chi connectivity index (χ2v) is 7.12. The van der Waals surface area contributed by atoms with Crippen LogP contribution in [0.1, 0.15) is 31.2 Å². The Morgan fingerprint density at radius 1 is 1.13 bits per heavy atom. The molecule has 0 aromatic heterocycles. The molecular formula is C24H29NO5. The van der Waals surface area contributed by atoms with Crippen molar-refractivity contribution >= 4 is 11.6 Å². The number of aliphatic hydroxyl groups excluding tert-OH is 1. The molecule has 1 amide bonds. The summed E-state index contributed by atoms with van der Waals surface area (Å²) in [5.41, 5.74) is 1.74. The number of aliphatic hydroxyl groups is 1. The molecule has 30 heavy (non-hydrogen) atoms. The van der Waals surface area contributed by atoms with Crippen LogP contribution in [0.3, 0.4) is 0 Å². The standard InChI is InChI=1S/C24H29NO5/c1-3-29-24-20(10-7-15-26)21(17-11-13-19(28-2)14-12-17)16-22(30-24)23(27)25-18-8-5-4-6-9-18/h4-6,8-9,11-14,16,20-21,24,26H,3,7,10,15H2,1-2H3,(H,25,27)/t20-,21-,24-/m1/s1. The van der Waals surface area contributed by atoms with Crippen molar-refractivity contribution in [1.29, 1.82) is 0 Å². The lowest BCUT2D eigenvalue weighted by atomic mass is 9.80. The zero-order chi connectivity index (χ0) is 21.3. The Labute approximate surface area is 177 Å². The van der Waals surface area contributed by atoms with E-state index in [1.165, 1.54) is 0 Å². The summed E-state index contributed by atoms with van der Waals surface area (Å²) in [6.07, 6.45) is 2.62. The fraction of sp³-hybridized carbons (Fsp3) is 0.375. The largest absolute Gasteiger partial charge is 0.497 e. The molecule has 6 heteroatoms. The first-order valence-corrected chi connectivity index (χ1v) is 10.3. The van der Waals surface area contributed by atoms with Gasteiger partial charge in [-0.3, -0.25) is 4.79 Å². The van der Waals surface area contributed by atoms with Crippen LogP contribution in [-0.4, -0.2) is 37.6 Å². The summed E-state index contributed by atoms with van der Waals surface area (Å²) < 4.78 is 17.1. The maximum Gasteiger partial charge on any atom is 0.290 e. The molecule has 0 saturated carbocycles. The van der Waals surface area contributed by atoms with E-state index in [0.29, 0.717) is 25.1 Å². The normalized spacial score (nSPS) is 20.8. The monoisotopic (exact) mass is 411 g/mol. The van der Waals surface area contributed by atoms with E-state index in [2.05, 4.69) is 5.32 Å². The molecule has 0 bridgehead atoms. The number of amides is 1. The first kappa shape index (κ1) is 21.9. The average Bonchev–Trinajstić information content (AvgIpc) is 2.78. The molecule has 2 N–H and O–H groups in total. The molecule has 0 aliphatic carbocycles. The van der Waals surface area contributed by atoms with Gasteiger partial charge in [0.25, 0.3) is 5.91 Å². The van der Waals surface area contributed by atoms with Gasteiger partial charge >= 0.3 is 0 Å². The van der Waals surface area contributed by atoms with E-state index in [4.69, 9.17) is 14.2 Å². The van der Waals surface area contributed by atoms with Crippen molar-refractivity contribution in [1.82, 2.24) is 0 Å². The molecule has 0 radical (unpaired) electrons. The van der Waals surface area contributed by atoms with Gasteiger partial charge in [-0.15, -0.1) is 0 Å². The van der Waals surface area contributed by atoms with Crippen LogP contribution in [0.2, 0.25) is 0 Å². The highest BCUT2D eigenvalue weighted by Gasteiger charge is 2.37. The predicted molar refractivity (Wildman–Crippen MR) is 115 cm³/mol. The third-order valence-corrected chi connectivity index (χ3v) is 5.17. The van der Waals surface area contributed by atoms with Crippen molar-refractivity contribution in [2.75, 3.05) is 25.6 Å². The maximum atomic E-state index is 12.9. The number of hydrogen-bond acceptors (Lipinski definition) is 5. The summed E-state index contributed by atoms with van der Waals surface area (Å²) in [4.78, 5) is 12.9. The van der Waals surface area contributed by atoms with Gasteiger partial charge in [0.15, 0.2) is 5.76 Å². The van der Waals surface area contributed by atoms with E-state index in [-0.39, 0.29) is 30.1 Å². The van der Waals surface area contributed by atoms with Gasteiger partial charge in [-0.25, -0.2) is 0 Å². The number of carbonyl (C=O) groups excluding carboxylic acids is 1. The van der Waals surface area contributed by atoms with Gasteiger partial charge in [0.1, 0.15) is 5.75 Å². The van der Waals surface area contributed by atoms with E-state index in [1.54, 1.807) is 7.11 Å². The van der Waals surface area contributed by atoms with Gasteiger partial charge in [0.2, 0.25) is 6.29 Å². The Kier molecular flexibility index (Phi) is 7.88. The van der Waals surface area contributed by atoms with Gasteiger partial charge < -0.3 is 24.6 Å². The van der Waals surface area contributed by atoms with Crippen molar-refractivity contribution in [3.8, 4) is 5.75 Å². The van der Waals surface area contributed by atoms with E-state index >= 15 is 0 Å². The lowest BCUT2D eigenvalue weighted by Gasteiger charge is -2.37. The molecule has 1 heterocycles. The number of para-hydroxylation sites is 1. The molecule has 0 saturated heterocycles. The summed E-state index contributed by atoms with van der Waals surface area (Å²) in [6, 6.07) is 17.1. The van der Waals surface area contributed by atoms with Gasteiger partial charge in [-0.05, 0) is 55.7 Å². The molecule has 1 aliphatic heterocycles. The van der Waals surface area contributed by atoms with Crippen molar-refractivity contribution in [2.24, 2.45) is 5.92 Å². The summed E-state index contributed by atoms with van der Waals surface area (Å²) in [5, 5.41) is 12.2. The number of anilines is 1. The zero-order valence-electron chi connectivity index (χ0n) is 17.4. The Hall–Kier alpha value is -2.83. The molecule has 0 spiro atoms. The van der Waals surface area contributed by atoms with Crippen molar-refractivity contribution in [2.45, 2.75) is 32.0 Å². The lowest BCUT2D eigenvalue weighted by Crippen LogP contribution is -2.37. The fourth-order valence-corrected chi connectivity index (χ4v) is 3.69. The fourth-order valence-electron chi connectivity index (χ4n) is 3.69. The highest BCUT2D eigenvalue weighted by Crippen LogP contribution is 2.40. The van der Waals surface area contributed by atoms with Crippen LogP contribution in [-0.2, 0) is 14.3 Å². The molecular weight excluding hydrogens is 382 g/mol. The van der Waals surface area contributed by atoms with Crippen LogP contribution in [0.15, 0.2) is 66.4 Å².